The van der Waals surface area contributed by atoms with Gasteiger partial charge in [0.15, 0.2) is 0 Å². The molecule has 27 heavy (non-hydrogen) atoms. The lowest BCUT2D eigenvalue weighted by atomic mass is 10.2. The van der Waals surface area contributed by atoms with E-state index in [2.05, 4.69) is 15.5 Å². The number of methoxy groups -OCH3 is 1. The first-order valence-electron chi connectivity index (χ1n) is 8.71. The molecule has 3 rings (SSSR count). The Morgan fingerprint density at radius 2 is 1.89 bits per heavy atom. The number of morpholine rings is 1. The van der Waals surface area contributed by atoms with Crippen LogP contribution in [0.3, 0.4) is 0 Å². The second kappa shape index (κ2) is 8.98. The van der Waals surface area contributed by atoms with Gasteiger partial charge in [0, 0.05) is 30.2 Å². The lowest BCUT2D eigenvalue weighted by molar-refractivity contribution is 0.0342. The van der Waals surface area contributed by atoms with E-state index in [1.54, 1.807) is 6.07 Å². The number of urea groups is 1. The van der Waals surface area contributed by atoms with Gasteiger partial charge in [-0.3, -0.25) is 10.2 Å². The number of hydrogen-bond donors (Lipinski definition) is 2. The van der Waals surface area contributed by atoms with Gasteiger partial charge in [-0.2, -0.15) is 0 Å². The first-order valence-corrected chi connectivity index (χ1v) is 9.52. The number of hydrogen-bond acceptors (Lipinski definition) is 6. The van der Waals surface area contributed by atoms with Crippen LogP contribution in [-0.4, -0.2) is 50.3 Å². The summed E-state index contributed by atoms with van der Waals surface area (Å²) in [5.41, 5.74) is 2.23. The van der Waals surface area contributed by atoms with Crippen molar-refractivity contribution in [2.24, 2.45) is 0 Å². The number of thiophene rings is 1. The maximum atomic E-state index is 12.3. The first-order chi connectivity index (χ1) is 13.0. The van der Waals surface area contributed by atoms with Crippen LogP contribution < -0.4 is 10.6 Å². The number of benzene rings is 1. The number of anilines is 2. The van der Waals surface area contributed by atoms with Crippen LogP contribution in [0.5, 0.6) is 0 Å². The molecule has 0 spiro atoms. The molecule has 144 valence electrons. The lowest BCUT2D eigenvalue weighted by Crippen LogP contribution is -2.35. The summed E-state index contributed by atoms with van der Waals surface area (Å²) in [4.78, 5) is 27.3. The molecule has 2 amide bonds. The number of esters is 1. The van der Waals surface area contributed by atoms with Crippen molar-refractivity contribution in [1.82, 2.24) is 4.90 Å². The number of amides is 2. The van der Waals surface area contributed by atoms with Crippen LogP contribution in [-0.2, 0) is 16.0 Å². The highest BCUT2D eigenvalue weighted by Gasteiger charge is 2.17. The Kier molecular flexibility index (Phi) is 6.44. The van der Waals surface area contributed by atoms with Crippen LogP contribution in [0.15, 0.2) is 30.3 Å². The average molecular weight is 389 g/mol. The summed E-state index contributed by atoms with van der Waals surface area (Å²) < 4.78 is 10.1. The number of rotatable bonds is 5. The van der Waals surface area contributed by atoms with E-state index in [4.69, 9.17) is 9.47 Å². The zero-order valence-corrected chi connectivity index (χ0v) is 16.2. The predicted molar refractivity (Wildman–Crippen MR) is 106 cm³/mol. The van der Waals surface area contributed by atoms with E-state index >= 15 is 0 Å². The molecule has 0 unspecified atom stereocenters. The molecule has 1 aromatic carbocycles. The van der Waals surface area contributed by atoms with Crippen LogP contribution in [0.1, 0.15) is 20.8 Å². The van der Waals surface area contributed by atoms with E-state index in [9.17, 15) is 9.59 Å². The summed E-state index contributed by atoms with van der Waals surface area (Å²) in [6, 6.07) is 9.04. The zero-order valence-electron chi connectivity index (χ0n) is 15.4. The molecule has 2 aromatic rings. The molecule has 0 aliphatic carbocycles. The Balaban J connectivity index is 1.57. The highest BCUT2D eigenvalue weighted by molar-refractivity contribution is 7.16. The fourth-order valence-corrected chi connectivity index (χ4v) is 3.74. The molecule has 0 bridgehead atoms. The standard InChI is InChI=1S/C19H23N3O4S/c1-13-11-16(18(23)25-2)17(27-13)21-19(24)20-15-5-3-14(4-6-15)12-22-7-9-26-10-8-22/h3-6,11H,7-10,12H2,1-2H3,(H2,20,21,24). The summed E-state index contributed by atoms with van der Waals surface area (Å²) in [5, 5.41) is 5.98. The Bertz CT molecular complexity index is 798. The van der Waals surface area contributed by atoms with Gasteiger partial charge >= 0.3 is 12.0 Å². The molecule has 1 saturated heterocycles. The molecule has 1 aromatic heterocycles. The Hall–Kier alpha value is -2.42. The van der Waals surface area contributed by atoms with Crippen molar-refractivity contribution in [3.05, 3.63) is 46.3 Å². The summed E-state index contributed by atoms with van der Waals surface area (Å²) in [6.45, 7) is 6.15. The predicted octanol–water partition coefficient (Wildman–Crippen LogP) is 3.32. The lowest BCUT2D eigenvalue weighted by Gasteiger charge is -2.26. The van der Waals surface area contributed by atoms with Crippen LogP contribution in [0.25, 0.3) is 0 Å². The van der Waals surface area contributed by atoms with Gasteiger partial charge in [0.1, 0.15) is 5.00 Å². The van der Waals surface area contributed by atoms with Crippen LogP contribution in [0, 0.1) is 6.92 Å². The van der Waals surface area contributed by atoms with Gasteiger partial charge in [-0.25, -0.2) is 9.59 Å². The van der Waals surface area contributed by atoms with Gasteiger partial charge in [-0.15, -0.1) is 11.3 Å². The van der Waals surface area contributed by atoms with Crippen molar-refractivity contribution >= 4 is 34.0 Å². The molecule has 0 atom stereocenters. The molecule has 0 saturated carbocycles. The largest absolute Gasteiger partial charge is 0.465 e. The van der Waals surface area contributed by atoms with Crippen molar-refractivity contribution in [1.29, 1.82) is 0 Å². The number of nitrogens with one attached hydrogen (secondary N) is 2. The first kappa shape index (κ1) is 19.3. The summed E-state index contributed by atoms with van der Waals surface area (Å²) in [7, 11) is 1.32. The normalized spacial score (nSPS) is 14.6. The molecular weight excluding hydrogens is 366 g/mol. The third-order valence-electron chi connectivity index (χ3n) is 4.21. The molecule has 1 fully saturated rings. The number of ether oxygens (including phenoxy) is 2. The zero-order chi connectivity index (χ0) is 19.2. The smallest absolute Gasteiger partial charge is 0.340 e. The van der Waals surface area contributed by atoms with Crippen LogP contribution in [0.2, 0.25) is 0 Å². The van der Waals surface area contributed by atoms with E-state index < -0.39 is 12.0 Å². The molecule has 1 aliphatic rings. The minimum atomic E-state index is -0.470. The monoisotopic (exact) mass is 389 g/mol. The van der Waals surface area contributed by atoms with Crippen molar-refractivity contribution in [2.75, 3.05) is 44.0 Å². The highest BCUT2D eigenvalue weighted by atomic mass is 32.1. The summed E-state index contributed by atoms with van der Waals surface area (Å²) in [5.74, 6) is -0.470. The van der Waals surface area contributed by atoms with Crippen molar-refractivity contribution in [2.45, 2.75) is 13.5 Å². The maximum Gasteiger partial charge on any atom is 0.340 e. The third-order valence-corrected chi connectivity index (χ3v) is 5.18. The van der Waals surface area contributed by atoms with E-state index in [-0.39, 0.29) is 0 Å². The fourth-order valence-electron chi connectivity index (χ4n) is 2.85. The van der Waals surface area contributed by atoms with E-state index in [0.717, 1.165) is 37.7 Å². The summed E-state index contributed by atoms with van der Waals surface area (Å²) in [6.07, 6.45) is 0. The molecule has 2 heterocycles. The number of aryl methyl sites for hydroxylation is 1. The number of nitrogens with zero attached hydrogens (tertiary/aromatic N) is 1. The highest BCUT2D eigenvalue weighted by Crippen LogP contribution is 2.28. The third kappa shape index (κ3) is 5.29. The Morgan fingerprint density at radius 1 is 1.19 bits per heavy atom. The second-order valence-corrected chi connectivity index (χ2v) is 7.51. The van der Waals surface area contributed by atoms with Gasteiger partial charge in [0.25, 0.3) is 0 Å². The van der Waals surface area contributed by atoms with E-state index in [0.29, 0.717) is 16.3 Å². The molecule has 8 heteroatoms. The Morgan fingerprint density at radius 3 is 2.56 bits per heavy atom. The average Bonchev–Trinajstić information content (AvgIpc) is 3.03. The molecule has 7 nitrogen and oxygen atoms in total. The molecule has 2 N–H and O–H groups in total. The van der Waals surface area contributed by atoms with Crippen molar-refractivity contribution < 1.29 is 19.1 Å². The maximum absolute atomic E-state index is 12.3. The topological polar surface area (TPSA) is 79.9 Å². The molecule has 1 aliphatic heterocycles. The van der Waals surface area contributed by atoms with Crippen LogP contribution >= 0.6 is 11.3 Å². The van der Waals surface area contributed by atoms with E-state index in [1.165, 1.54) is 24.0 Å². The van der Waals surface area contributed by atoms with Crippen LogP contribution in [0.4, 0.5) is 15.5 Å². The van der Waals surface area contributed by atoms with Gasteiger partial charge in [-0.1, -0.05) is 12.1 Å². The van der Waals surface area contributed by atoms with Gasteiger partial charge < -0.3 is 14.8 Å². The van der Waals surface area contributed by atoms with Crippen molar-refractivity contribution in [3.63, 3.8) is 0 Å². The minimum Gasteiger partial charge on any atom is -0.465 e. The number of carbonyl (C=O) groups excluding carboxylic acids is 2. The Labute approximate surface area is 162 Å². The second-order valence-electron chi connectivity index (χ2n) is 6.26. The molecule has 0 radical (unpaired) electrons. The van der Waals surface area contributed by atoms with Gasteiger partial charge in [-0.05, 0) is 30.7 Å². The molecular formula is C19H23N3O4S. The van der Waals surface area contributed by atoms with Crippen molar-refractivity contribution in [3.8, 4) is 0 Å². The van der Waals surface area contributed by atoms with Gasteiger partial charge in [0.05, 0.1) is 25.9 Å². The van der Waals surface area contributed by atoms with E-state index in [1.807, 2.05) is 31.2 Å². The fraction of sp³-hybridized carbons (Fsp3) is 0.368. The quantitative estimate of drug-likeness (QED) is 0.767. The number of carbonyl (C=O) groups is 2. The SMILES string of the molecule is COC(=O)c1cc(C)sc1NC(=O)Nc1ccc(CN2CCOCC2)cc1. The van der Waals surface area contributed by atoms with Gasteiger partial charge in [0.2, 0.25) is 0 Å². The summed E-state index contributed by atoms with van der Waals surface area (Å²) >= 11 is 1.33. The minimum absolute atomic E-state index is 0.357.